The normalized spacial score (nSPS) is 21.0. The molecule has 0 saturated carbocycles. The van der Waals surface area contributed by atoms with Crippen molar-refractivity contribution in [3.05, 3.63) is 16.8 Å². The molecule has 5 nitrogen and oxygen atoms in total. The lowest BCUT2D eigenvalue weighted by atomic mass is 9.89. The quantitative estimate of drug-likeness (QED) is 0.840. The van der Waals surface area contributed by atoms with Crippen LogP contribution in [0.15, 0.2) is 6.33 Å². The zero-order valence-electron chi connectivity index (χ0n) is 14.8. The second-order valence-corrected chi connectivity index (χ2v) is 8.38. The maximum Gasteiger partial charge on any atom is 0.260 e. The molecule has 4 rings (SSSR count). The third-order valence-corrected chi connectivity index (χ3v) is 6.51. The van der Waals surface area contributed by atoms with Gasteiger partial charge in [-0.05, 0) is 43.6 Å². The summed E-state index contributed by atoms with van der Waals surface area (Å²) < 4.78 is 5.89. The first-order chi connectivity index (χ1) is 12.2. The number of likely N-dealkylation sites (tertiary alicyclic amines) is 1. The predicted molar refractivity (Wildman–Crippen MR) is 99.1 cm³/mol. The van der Waals surface area contributed by atoms with Gasteiger partial charge in [-0.15, -0.1) is 11.3 Å². The van der Waals surface area contributed by atoms with E-state index in [0.717, 1.165) is 54.9 Å². The first-order valence-electron chi connectivity index (χ1n) is 9.38. The molecule has 1 amide bonds. The van der Waals surface area contributed by atoms with Crippen molar-refractivity contribution in [3.8, 4) is 5.88 Å². The fourth-order valence-electron chi connectivity index (χ4n) is 3.90. The van der Waals surface area contributed by atoms with Crippen molar-refractivity contribution >= 4 is 27.5 Å². The molecule has 134 valence electrons. The number of nitrogens with zero attached hydrogens (tertiary/aromatic N) is 3. The lowest BCUT2D eigenvalue weighted by molar-refractivity contribution is -0.133. The van der Waals surface area contributed by atoms with E-state index in [2.05, 4.69) is 16.9 Å². The minimum atomic E-state index is 0.0754. The van der Waals surface area contributed by atoms with Gasteiger partial charge in [0.25, 0.3) is 5.91 Å². The highest BCUT2D eigenvalue weighted by atomic mass is 32.1. The Labute approximate surface area is 152 Å². The second-order valence-electron chi connectivity index (χ2n) is 7.29. The van der Waals surface area contributed by atoms with Crippen LogP contribution in [0.3, 0.4) is 0 Å². The van der Waals surface area contributed by atoms with Crippen molar-refractivity contribution < 1.29 is 9.53 Å². The largest absolute Gasteiger partial charge is 0.467 e. The number of aromatic nitrogens is 2. The van der Waals surface area contributed by atoms with E-state index >= 15 is 0 Å². The van der Waals surface area contributed by atoms with E-state index in [9.17, 15) is 4.79 Å². The van der Waals surface area contributed by atoms with Crippen LogP contribution in [-0.4, -0.2) is 40.5 Å². The van der Waals surface area contributed by atoms with Gasteiger partial charge in [0.05, 0.1) is 5.39 Å². The zero-order chi connectivity index (χ0) is 17.2. The molecule has 0 aromatic carbocycles. The van der Waals surface area contributed by atoms with Crippen LogP contribution in [0.1, 0.15) is 49.5 Å². The summed E-state index contributed by atoms with van der Waals surface area (Å²) in [5.41, 5.74) is 1.34. The van der Waals surface area contributed by atoms with Gasteiger partial charge in [0.15, 0.2) is 6.61 Å². The van der Waals surface area contributed by atoms with Crippen LogP contribution in [0, 0.1) is 5.92 Å². The lowest BCUT2D eigenvalue weighted by Gasteiger charge is -2.20. The first kappa shape index (κ1) is 16.8. The maximum absolute atomic E-state index is 12.5. The van der Waals surface area contributed by atoms with Gasteiger partial charge in [-0.25, -0.2) is 9.97 Å². The summed E-state index contributed by atoms with van der Waals surface area (Å²) in [4.78, 5) is 25.6. The molecule has 2 aromatic rings. The van der Waals surface area contributed by atoms with E-state index in [0.29, 0.717) is 5.88 Å². The zero-order valence-corrected chi connectivity index (χ0v) is 15.6. The van der Waals surface area contributed by atoms with Gasteiger partial charge in [0.2, 0.25) is 5.88 Å². The van der Waals surface area contributed by atoms with Gasteiger partial charge in [0, 0.05) is 18.0 Å². The van der Waals surface area contributed by atoms with E-state index in [4.69, 9.17) is 4.74 Å². The number of hydrogen-bond acceptors (Lipinski definition) is 5. The van der Waals surface area contributed by atoms with Crippen molar-refractivity contribution in [1.82, 2.24) is 14.9 Å². The Hall–Kier alpha value is -1.69. The molecule has 0 bridgehead atoms. The molecule has 0 unspecified atom stereocenters. The number of thiophene rings is 1. The third kappa shape index (κ3) is 3.50. The molecule has 3 heterocycles. The average Bonchev–Trinajstić information content (AvgIpc) is 2.79. The van der Waals surface area contributed by atoms with Crippen LogP contribution in [0.2, 0.25) is 0 Å². The fraction of sp³-hybridized carbons (Fsp3) is 0.632. The van der Waals surface area contributed by atoms with E-state index in [1.54, 1.807) is 17.7 Å². The van der Waals surface area contributed by atoms with Crippen LogP contribution in [0.25, 0.3) is 10.2 Å². The fourth-order valence-corrected chi connectivity index (χ4v) is 5.24. The van der Waals surface area contributed by atoms with Gasteiger partial charge in [-0.1, -0.05) is 19.8 Å². The van der Waals surface area contributed by atoms with Crippen molar-refractivity contribution in [2.24, 2.45) is 5.92 Å². The van der Waals surface area contributed by atoms with Gasteiger partial charge >= 0.3 is 0 Å². The molecule has 2 aromatic heterocycles. The second kappa shape index (κ2) is 7.28. The summed E-state index contributed by atoms with van der Waals surface area (Å²) in [5.74, 6) is 1.38. The van der Waals surface area contributed by atoms with Gasteiger partial charge in [0.1, 0.15) is 11.2 Å². The molecule has 1 aliphatic heterocycles. The highest BCUT2D eigenvalue weighted by molar-refractivity contribution is 7.18. The van der Waals surface area contributed by atoms with Crippen molar-refractivity contribution in [1.29, 1.82) is 0 Å². The maximum atomic E-state index is 12.5. The number of rotatable bonds is 3. The summed E-state index contributed by atoms with van der Waals surface area (Å²) in [7, 11) is 0. The number of fused-ring (bicyclic) bond motifs is 3. The van der Waals surface area contributed by atoms with Gasteiger partial charge in [-0.2, -0.15) is 0 Å². The number of ether oxygens (including phenoxy) is 1. The SMILES string of the molecule is C[C@H]1CCc2c(sc3ncnc(OCC(=O)N4CCCCCC4)c23)C1. The number of amides is 1. The number of hydrogen-bond donors (Lipinski definition) is 0. The summed E-state index contributed by atoms with van der Waals surface area (Å²) in [6.45, 7) is 4.09. The van der Waals surface area contributed by atoms with Gasteiger partial charge in [-0.3, -0.25) is 4.79 Å². The minimum absolute atomic E-state index is 0.0754. The van der Waals surface area contributed by atoms with E-state index in [1.165, 1.54) is 29.7 Å². The van der Waals surface area contributed by atoms with Crippen LogP contribution in [0.5, 0.6) is 5.88 Å². The Balaban J connectivity index is 1.52. The molecule has 0 spiro atoms. The molecule has 1 fully saturated rings. The summed E-state index contributed by atoms with van der Waals surface area (Å²) >= 11 is 1.76. The Morgan fingerprint density at radius 3 is 2.88 bits per heavy atom. The average molecular weight is 359 g/mol. The van der Waals surface area contributed by atoms with Crippen LogP contribution < -0.4 is 4.74 Å². The highest BCUT2D eigenvalue weighted by Crippen LogP contribution is 2.40. The smallest absolute Gasteiger partial charge is 0.260 e. The Morgan fingerprint density at radius 1 is 1.28 bits per heavy atom. The van der Waals surface area contributed by atoms with Crippen LogP contribution in [-0.2, 0) is 17.6 Å². The van der Waals surface area contributed by atoms with E-state index in [-0.39, 0.29) is 12.5 Å². The van der Waals surface area contributed by atoms with Crippen LogP contribution in [0.4, 0.5) is 0 Å². The topological polar surface area (TPSA) is 55.3 Å². The summed E-state index contributed by atoms with van der Waals surface area (Å²) in [6.07, 6.45) is 9.55. The molecular weight excluding hydrogens is 334 g/mol. The predicted octanol–water partition coefficient (Wildman–Crippen LogP) is 3.60. The molecule has 0 radical (unpaired) electrons. The number of carbonyl (C=O) groups excluding carboxylic acids is 1. The van der Waals surface area contributed by atoms with E-state index in [1.807, 2.05) is 4.90 Å². The monoisotopic (exact) mass is 359 g/mol. The molecule has 0 N–H and O–H groups in total. The van der Waals surface area contributed by atoms with Crippen molar-refractivity contribution in [2.45, 2.75) is 51.9 Å². The Morgan fingerprint density at radius 2 is 2.08 bits per heavy atom. The van der Waals surface area contributed by atoms with Crippen molar-refractivity contribution in [2.75, 3.05) is 19.7 Å². The number of carbonyl (C=O) groups is 1. The van der Waals surface area contributed by atoms with Crippen molar-refractivity contribution in [3.63, 3.8) is 0 Å². The Kier molecular flexibility index (Phi) is 4.88. The third-order valence-electron chi connectivity index (χ3n) is 5.35. The Bertz CT molecular complexity index is 765. The molecular formula is C19H25N3O2S. The summed E-state index contributed by atoms with van der Waals surface area (Å²) in [5, 5.41) is 1.04. The molecule has 1 atom stereocenters. The highest BCUT2D eigenvalue weighted by Gasteiger charge is 2.24. The minimum Gasteiger partial charge on any atom is -0.467 e. The van der Waals surface area contributed by atoms with Gasteiger partial charge < -0.3 is 9.64 Å². The molecule has 1 aliphatic carbocycles. The lowest BCUT2D eigenvalue weighted by Crippen LogP contribution is -2.35. The van der Waals surface area contributed by atoms with E-state index < -0.39 is 0 Å². The van der Waals surface area contributed by atoms with Crippen LogP contribution >= 0.6 is 11.3 Å². The summed E-state index contributed by atoms with van der Waals surface area (Å²) in [6, 6.07) is 0. The molecule has 25 heavy (non-hydrogen) atoms. The first-order valence-corrected chi connectivity index (χ1v) is 10.2. The standard InChI is InChI=1S/C19H25N3O2S/c1-13-6-7-14-15(10-13)25-19-17(14)18(20-12-21-19)24-11-16(23)22-8-4-2-3-5-9-22/h12-13H,2-11H2,1H3/t13-/m0/s1. The molecule has 1 saturated heterocycles. The molecule has 2 aliphatic rings. The number of aryl methyl sites for hydroxylation is 1. The molecule has 6 heteroatoms.